The number of ketones is 1. The number of benzene rings is 1. The van der Waals surface area contributed by atoms with Crippen LogP contribution in [0.1, 0.15) is 25.8 Å². The van der Waals surface area contributed by atoms with Crippen LogP contribution in [0.5, 0.6) is 0 Å². The second kappa shape index (κ2) is 10.4. The highest BCUT2D eigenvalue weighted by Gasteiger charge is 2.36. The lowest BCUT2D eigenvalue weighted by molar-refractivity contribution is -0.127. The molecule has 1 saturated heterocycles. The van der Waals surface area contributed by atoms with Crippen molar-refractivity contribution in [2.75, 3.05) is 13.1 Å². The van der Waals surface area contributed by atoms with E-state index in [1.165, 1.54) is 0 Å². The average Bonchev–Trinajstić information content (AvgIpc) is 2.98. The van der Waals surface area contributed by atoms with Crippen molar-refractivity contribution >= 4 is 24.3 Å². The summed E-state index contributed by atoms with van der Waals surface area (Å²) in [5, 5.41) is 15.6. The molecule has 2 rings (SSSR count). The molecule has 140 valence electrons. The number of nitrogens with one attached hydrogen (secondary N) is 2. The predicted octanol–water partition coefficient (Wildman–Crippen LogP) is 1.90. The summed E-state index contributed by atoms with van der Waals surface area (Å²) < 4.78 is 5.20. The number of carbonyl (C=O) groups is 2. The summed E-state index contributed by atoms with van der Waals surface area (Å²) in [6.07, 6.45) is -0.796. The molecule has 3 atom stereocenters. The highest BCUT2D eigenvalue weighted by molar-refractivity contribution is 5.90. The predicted molar refractivity (Wildman–Crippen MR) is 97.6 cm³/mol. The summed E-state index contributed by atoms with van der Waals surface area (Å²) >= 11 is 0. The summed E-state index contributed by atoms with van der Waals surface area (Å²) in [5.74, 6) is -0.388. The number of aliphatic hydroxyl groups is 1. The molecule has 0 saturated carbocycles. The molecule has 1 aromatic carbocycles. The summed E-state index contributed by atoms with van der Waals surface area (Å²) in [4.78, 5) is 24.7. The summed E-state index contributed by atoms with van der Waals surface area (Å²) in [6.45, 7) is 4.97. The van der Waals surface area contributed by atoms with Crippen LogP contribution in [0.3, 0.4) is 0 Å². The molecule has 0 aromatic heterocycles. The number of amides is 1. The number of halogens is 1. The molecule has 3 N–H and O–H groups in total. The van der Waals surface area contributed by atoms with Crippen molar-refractivity contribution in [3.8, 4) is 0 Å². The van der Waals surface area contributed by atoms with Crippen LogP contribution in [-0.2, 0) is 16.1 Å². The zero-order chi connectivity index (χ0) is 17.5. The third-order valence-electron chi connectivity index (χ3n) is 4.10. The van der Waals surface area contributed by atoms with Crippen LogP contribution in [-0.4, -0.2) is 42.2 Å². The first-order valence-electron chi connectivity index (χ1n) is 8.37. The average molecular weight is 371 g/mol. The standard InChI is InChI=1S/C18H26N2O4.ClH/c1-12(2)8-15(17(22)14-9-19-10-16(14)21)20-18(23)24-11-13-6-4-3-5-7-13;/h3-7,12,14-16,19,21H,8-11H2,1-2H3,(H,20,23);1H/t14?,15-,16?;/m0./s1. The number of alkyl carbamates (subject to hydrolysis) is 1. The molecule has 1 aliphatic rings. The van der Waals surface area contributed by atoms with Crippen LogP contribution in [0.15, 0.2) is 30.3 Å². The van der Waals surface area contributed by atoms with Gasteiger partial charge in [0.05, 0.1) is 18.1 Å². The van der Waals surface area contributed by atoms with Gasteiger partial charge in [-0.1, -0.05) is 44.2 Å². The first-order valence-corrected chi connectivity index (χ1v) is 8.37. The number of carbonyl (C=O) groups excluding carboxylic acids is 2. The quantitative estimate of drug-likeness (QED) is 0.682. The van der Waals surface area contributed by atoms with Crippen molar-refractivity contribution in [2.24, 2.45) is 11.8 Å². The Kier molecular flexibility index (Phi) is 8.89. The molecule has 25 heavy (non-hydrogen) atoms. The largest absolute Gasteiger partial charge is 0.445 e. The lowest BCUT2D eigenvalue weighted by Crippen LogP contribution is -2.47. The monoisotopic (exact) mass is 370 g/mol. The maximum Gasteiger partial charge on any atom is 0.408 e. The molecule has 0 bridgehead atoms. The van der Waals surface area contributed by atoms with E-state index in [4.69, 9.17) is 4.74 Å². The van der Waals surface area contributed by atoms with Gasteiger partial charge in [-0.05, 0) is 17.9 Å². The molecule has 0 radical (unpaired) electrons. The SMILES string of the molecule is CC(C)C[C@H](NC(=O)OCc1ccccc1)C(=O)C1CNCC1O.Cl. The molecule has 0 spiro atoms. The van der Waals surface area contributed by atoms with Crippen LogP contribution >= 0.6 is 12.4 Å². The maximum absolute atomic E-state index is 12.6. The molecule has 6 nitrogen and oxygen atoms in total. The van der Waals surface area contributed by atoms with Gasteiger partial charge in [-0.15, -0.1) is 12.4 Å². The first-order chi connectivity index (χ1) is 11.5. The summed E-state index contributed by atoms with van der Waals surface area (Å²) in [6, 6.07) is 8.72. The normalized spacial score (nSPS) is 20.6. The van der Waals surface area contributed by atoms with Gasteiger partial charge in [-0.2, -0.15) is 0 Å². The van der Waals surface area contributed by atoms with Crippen LogP contribution in [0.4, 0.5) is 4.79 Å². The summed E-state index contributed by atoms with van der Waals surface area (Å²) in [5.41, 5.74) is 0.884. The van der Waals surface area contributed by atoms with Crippen molar-refractivity contribution in [1.82, 2.24) is 10.6 Å². The van der Waals surface area contributed by atoms with Gasteiger partial charge < -0.3 is 20.5 Å². The number of aliphatic hydroxyl groups excluding tert-OH is 1. The molecular formula is C18H27ClN2O4. The second-order valence-corrected chi connectivity index (χ2v) is 6.62. The van der Waals surface area contributed by atoms with Gasteiger partial charge >= 0.3 is 6.09 Å². The van der Waals surface area contributed by atoms with Crippen molar-refractivity contribution in [3.63, 3.8) is 0 Å². The second-order valence-electron chi connectivity index (χ2n) is 6.62. The Bertz CT molecular complexity index is 553. The zero-order valence-electron chi connectivity index (χ0n) is 14.6. The Morgan fingerprint density at radius 1 is 1.28 bits per heavy atom. The molecule has 1 aliphatic heterocycles. The van der Waals surface area contributed by atoms with Crippen molar-refractivity contribution in [3.05, 3.63) is 35.9 Å². The van der Waals surface area contributed by atoms with E-state index in [2.05, 4.69) is 10.6 Å². The van der Waals surface area contributed by atoms with Gasteiger partial charge in [-0.25, -0.2) is 4.79 Å². The number of ether oxygens (including phenoxy) is 1. The molecule has 0 aliphatic carbocycles. The van der Waals surface area contributed by atoms with E-state index in [-0.39, 0.29) is 30.7 Å². The topological polar surface area (TPSA) is 87.7 Å². The van der Waals surface area contributed by atoms with Crippen molar-refractivity contribution < 1.29 is 19.4 Å². The van der Waals surface area contributed by atoms with Crippen LogP contribution in [0.2, 0.25) is 0 Å². The highest BCUT2D eigenvalue weighted by Crippen LogP contribution is 2.16. The fourth-order valence-electron chi connectivity index (χ4n) is 2.84. The van der Waals surface area contributed by atoms with Crippen molar-refractivity contribution in [2.45, 2.75) is 39.0 Å². The third-order valence-corrected chi connectivity index (χ3v) is 4.10. The van der Waals surface area contributed by atoms with E-state index >= 15 is 0 Å². The molecular weight excluding hydrogens is 344 g/mol. The molecule has 1 heterocycles. The smallest absolute Gasteiger partial charge is 0.408 e. The fraction of sp³-hybridized carbons (Fsp3) is 0.556. The lowest BCUT2D eigenvalue weighted by Gasteiger charge is -2.23. The Labute approximate surface area is 154 Å². The van der Waals surface area contributed by atoms with Gasteiger partial charge in [-0.3, -0.25) is 4.79 Å². The van der Waals surface area contributed by atoms with Gasteiger partial charge in [0.2, 0.25) is 0 Å². The van der Waals surface area contributed by atoms with E-state index in [0.29, 0.717) is 19.5 Å². The minimum Gasteiger partial charge on any atom is -0.445 e. The number of hydrogen-bond donors (Lipinski definition) is 3. The minimum atomic E-state index is -0.700. The Balaban J connectivity index is 0.00000312. The van der Waals surface area contributed by atoms with Gasteiger partial charge in [0.25, 0.3) is 0 Å². The highest BCUT2D eigenvalue weighted by atomic mass is 35.5. The van der Waals surface area contributed by atoms with E-state index in [1.807, 2.05) is 44.2 Å². The Morgan fingerprint density at radius 2 is 1.96 bits per heavy atom. The van der Waals surface area contributed by atoms with Crippen LogP contribution in [0.25, 0.3) is 0 Å². The Hall–Kier alpha value is -1.63. The van der Waals surface area contributed by atoms with Gasteiger partial charge in [0.1, 0.15) is 6.61 Å². The minimum absolute atomic E-state index is 0. The molecule has 1 aromatic rings. The summed E-state index contributed by atoms with van der Waals surface area (Å²) in [7, 11) is 0. The van der Waals surface area contributed by atoms with Crippen LogP contribution < -0.4 is 10.6 Å². The van der Waals surface area contributed by atoms with Gasteiger partial charge in [0.15, 0.2) is 5.78 Å². The number of hydrogen-bond acceptors (Lipinski definition) is 5. The zero-order valence-corrected chi connectivity index (χ0v) is 15.4. The van der Waals surface area contributed by atoms with Crippen LogP contribution in [0, 0.1) is 11.8 Å². The third kappa shape index (κ3) is 6.65. The first kappa shape index (κ1) is 21.4. The number of β-amino-alcohol motifs (C(OH)–C–C–N with tert-alkyl or cyclic N) is 1. The molecule has 2 unspecified atom stereocenters. The maximum atomic E-state index is 12.6. The molecule has 7 heteroatoms. The van der Waals surface area contributed by atoms with Crippen molar-refractivity contribution in [1.29, 1.82) is 0 Å². The Morgan fingerprint density at radius 3 is 2.52 bits per heavy atom. The van der Waals surface area contributed by atoms with E-state index in [9.17, 15) is 14.7 Å². The van der Waals surface area contributed by atoms with Gasteiger partial charge in [0, 0.05) is 13.1 Å². The van der Waals surface area contributed by atoms with E-state index in [0.717, 1.165) is 5.56 Å². The fourth-order valence-corrected chi connectivity index (χ4v) is 2.84. The number of Topliss-reactive ketones (excluding diaryl/α,β-unsaturated/α-hetero) is 1. The molecule has 1 fully saturated rings. The van der Waals surface area contributed by atoms with E-state index < -0.39 is 24.2 Å². The van der Waals surface area contributed by atoms with E-state index in [1.54, 1.807) is 0 Å². The lowest BCUT2D eigenvalue weighted by atomic mass is 9.90. The molecule has 1 amide bonds. The number of rotatable bonds is 7.